The van der Waals surface area contributed by atoms with Crippen LogP contribution in [0.1, 0.15) is 11.5 Å². The van der Waals surface area contributed by atoms with Crippen LogP contribution in [0.25, 0.3) is 28.1 Å². The van der Waals surface area contributed by atoms with E-state index in [0.29, 0.717) is 16.7 Å². The van der Waals surface area contributed by atoms with E-state index in [1.165, 1.54) is 0 Å². The Morgan fingerprint density at radius 3 is 3.00 bits per heavy atom. The third kappa shape index (κ3) is 2.89. The maximum atomic E-state index is 6.06. The molecule has 8 heteroatoms. The van der Waals surface area contributed by atoms with Crippen LogP contribution in [0.15, 0.2) is 62.8 Å². The summed E-state index contributed by atoms with van der Waals surface area (Å²) >= 11 is 7.63. The highest BCUT2D eigenvalue weighted by atomic mass is 35.5. The zero-order chi connectivity index (χ0) is 18.4. The minimum atomic E-state index is 0.565. The van der Waals surface area contributed by atoms with Gasteiger partial charge in [0.25, 0.3) is 0 Å². The molecule has 0 amide bonds. The molecule has 1 aromatic carbocycles. The molecular formula is C19H13ClN4O2S. The van der Waals surface area contributed by atoms with Crippen molar-refractivity contribution in [3.63, 3.8) is 0 Å². The molecule has 0 aliphatic heterocycles. The molecule has 5 rings (SSSR count). The predicted octanol–water partition coefficient (Wildman–Crippen LogP) is 5.38. The Hall–Kier alpha value is -2.77. The number of aromatic nitrogens is 4. The lowest BCUT2D eigenvalue weighted by Gasteiger charge is -2.01. The van der Waals surface area contributed by atoms with Crippen LogP contribution in [0.3, 0.4) is 0 Å². The zero-order valence-electron chi connectivity index (χ0n) is 14.2. The number of hydrogen-bond acceptors (Lipinski definition) is 6. The molecule has 4 heterocycles. The molecule has 0 radical (unpaired) electrons. The second kappa shape index (κ2) is 6.44. The number of nitrogens with zero attached hydrogens (tertiary/aromatic N) is 4. The Morgan fingerprint density at radius 1 is 1.19 bits per heavy atom. The van der Waals surface area contributed by atoms with Crippen LogP contribution in [0.4, 0.5) is 0 Å². The average molecular weight is 397 g/mol. The second-order valence-corrected chi connectivity index (χ2v) is 7.43. The maximum absolute atomic E-state index is 6.06. The van der Waals surface area contributed by atoms with Crippen LogP contribution in [0, 0.1) is 6.92 Å². The number of aryl methyl sites for hydroxylation is 1. The third-order valence-electron chi connectivity index (χ3n) is 4.30. The molecular weight excluding hydrogens is 384 g/mol. The first-order valence-corrected chi connectivity index (χ1v) is 9.60. The second-order valence-electron chi connectivity index (χ2n) is 6.03. The van der Waals surface area contributed by atoms with E-state index >= 15 is 0 Å². The van der Waals surface area contributed by atoms with Gasteiger partial charge in [0, 0.05) is 28.5 Å². The summed E-state index contributed by atoms with van der Waals surface area (Å²) < 4.78 is 13.3. The van der Waals surface area contributed by atoms with Gasteiger partial charge < -0.3 is 8.83 Å². The van der Waals surface area contributed by atoms with Crippen LogP contribution in [0.2, 0.25) is 5.02 Å². The Morgan fingerprint density at radius 2 is 2.11 bits per heavy atom. The smallest absolute Gasteiger partial charge is 0.226 e. The van der Waals surface area contributed by atoms with Crippen molar-refractivity contribution >= 4 is 40.0 Å². The van der Waals surface area contributed by atoms with Gasteiger partial charge in [-0.05, 0) is 25.1 Å². The molecule has 4 aromatic heterocycles. The molecule has 0 aliphatic carbocycles. The van der Waals surface area contributed by atoms with Gasteiger partial charge >= 0.3 is 0 Å². The van der Waals surface area contributed by atoms with Crippen LogP contribution in [-0.2, 0) is 5.75 Å². The van der Waals surface area contributed by atoms with Crippen molar-refractivity contribution in [3.05, 3.63) is 65.5 Å². The first-order valence-electron chi connectivity index (χ1n) is 8.24. The highest BCUT2D eigenvalue weighted by Gasteiger charge is 2.15. The summed E-state index contributed by atoms with van der Waals surface area (Å²) in [4.78, 5) is 4.63. The minimum Gasteiger partial charge on any atom is -0.463 e. The maximum Gasteiger partial charge on any atom is 0.226 e. The number of hydrogen-bond donors (Lipinski definition) is 0. The number of thioether (sulfide) groups is 1. The normalized spacial score (nSPS) is 11.6. The molecule has 0 aliphatic rings. The van der Waals surface area contributed by atoms with Crippen molar-refractivity contribution in [1.82, 2.24) is 19.6 Å². The van der Waals surface area contributed by atoms with E-state index in [9.17, 15) is 0 Å². The predicted molar refractivity (Wildman–Crippen MR) is 104 cm³/mol. The average Bonchev–Trinajstić information content (AvgIpc) is 3.35. The molecule has 0 N–H and O–H groups in total. The fraction of sp³-hybridized carbons (Fsp3) is 0.105. The van der Waals surface area contributed by atoms with Crippen molar-refractivity contribution < 1.29 is 8.83 Å². The Balaban J connectivity index is 1.44. The zero-order valence-corrected chi connectivity index (χ0v) is 15.8. The molecule has 6 nitrogen and oxygen atoms in total. The van der Waals surface area contributed by atoms with Gasteiger partial charge in [-0.3, -0.25) is 4.40 Å². The summed E-state index contributed by atoms with van der Waals surface area (Å²) in [6.07, 6.45) is 3.36. The lowest BCUT2D eigenvalue weighted by molar-refractivity contribution is 0.540. The number of benzene rings is 1. The number of halogens is 1. The van der Waals surface area contributed by atoms with E-state index in [0.717, 1.165) is 38.7 Å². The molecule has 27 heavy (non-hydrogen) atoms. The largest absolute Gasteiger partial charge is 0.463 e. The third-order valence-corrected chi connectivity index (χ3v) is 5.52. The van der Waals surface area contributed by atoms with E-state index in [1.54, 1.807) is 24.4 Å². The Bertz CT molecular complexity index is 1270. The van der Waals surface area contributed by atoms with Gasteiger partial charge in [0.15, 0.2) is 5.58 Å². The summed E-state index contributed by atoms with van der Waals surface area (Å²) in [5.74, 6) is 1.97. The highest BCUT2D eigenvalue weighted by molar-refractivity contribution is 7.98. The van der Waals surface area contributed by atoms with Gasteiger partial charge in [-0.25, -0.2) is 4.98 Å². The van der Waals surface area contributed by atoms with Gasteiger partial charge in [0.1, 0.15) is 17.1 Å². The van der Waals surface area contributed by atoms with E-state index < -0.39 is 0 Å². The van der Waals surface area contributed by atoms with Crippen LogP contribution in [0.5, 0.6) is 0 Å². The SMILES string of the molecule is Cc1oc(-c2cccc(Cl)c2)nc1CSc1nncn2c1cc1occc12. The highest BCUT2D eigenvalue weighted by Crippen LogP contribution is 2.31. The van der Waals surface area contributed by atoms with Crippen LogP contribution in [-0.4, -0.2) is 19.6 Å². The van der Waals surface area contributed by atoms with Crippen molar-refractivity contribution in [1.29, 1.82) is 0 Å². The summed E-state index contributed by atoms with van der Waals surface area (Å²) in [5, 5.41) is 9.85. The molecule has 0 unspecified atom stereocenters. The lowest BCUT2D eigenvalue weighted by Crippen LogP contribution is -1.94. The molecule has 0 saturated heterocycles. The molecule has 0 spiro atoms. The lowest BCUT2D eigenvalue weighted by atomic mass is 10.2. The first-order chi connectivity index (χ1) is 13.2. The van der Waals surface area contributed by atoms with Gasteiger partial charge in [-0.2, -0.15) is 0 Å². The number of fused-ring (bicyclic) bond motifs is 3. The van der Waals surface area contributed by atoms with E-state index in [2.05, 4.69) is 15.2 Å². The van der Waals surface area contributed by atoms with E-state index in [1.807, 2.05) is 47.7 Å². The van der Waals surface area contributed by atoms with E-state index in [4.69, 9.17) is 20.4 Å². The van der Waals surface area contributed by atoms with Gasteiger partial charge in [0.2, 0.25) is 5.89 Å². The van der Waals surface area contributed by atoms with Gasteiger partial charge in [-0.1, -0.05) is 29.4 Å². The quantitative estimate of drug-likeness (QED) is 0.379. The van der Waals surface area contributed by atoms with Crippen molar-refractivity contribution in [3.8, 4) is 11.5 Å². The molecule has 0 fully saturated rings. The summed E-state index contributed by atoms with van der Waals surface area (Å²) in [7, 11) is 0. The molecule has 0 atom stereocenters. The molecule has 0 bridgehead atoms. The standard InChI is InChI=1S/C19H13ClN4O2S/c1-11-14(22-18(26-11)12-3-2-4-13(20)7-12)9-27-19-16-8-17-15(5-6-25-17)24(16)10-21-23-19/h2-8,10H,9H2,1H3. The molecule has 0 saturated carbocycles. The van der Waals surface area contributed by atoms with Crippen molar-refractivity contribution in [2.45, 2.75) is 17.7 Å². The van der Waals surface area contributed by atoms with Gasteiger partial charge in [0.05, 0.1) is 23.0 Å². The summed E-state index contributed by atoms with van der Waals surface area (Å²) in [6.45, 7) is 1.91. The van der Waals surface area contributed by atoms with Crippen LogP contribution < -0.4 is 0 Å². The number of oxazole rings is 1. The Kier molecular flexibility index (Phi) is 3.91. The molecule has 134 valence electrons. The minimum absolute atomic E-state index is 0.565. The first kappa shape index (κ1) is 16.4. The van der Waals surface area contributed by atoms with Crippen molar-refractivity contribution in [2.75, 3.05) is 0 Å². The van der Waals surface area contributed by atoms with E-state index in [-0.39, 0.29) is 0 Å². The molecule has 5 aromatic rings. The fourth-order valence-corrected chi connectivity index (χ4v) is 4.10. The topological polar surface area (TPSA) is 69.4 Å². The van der Waals surface area contributed by atoms with Gasteiger partial charge in [-0.15, -0.1) is 10.2 Å². The monoisotopic (exact) mass is 396 g/mol. The summed E-state index contributed by atoms with van der Waals surface area (Å²) in [5.41, 5.74) is 4.47. The summed E-state index contributed by atoms with van der Waals surface area (Å²) in [6, 6.07) is 11.4. The van der Waals surface area contributed by atoms with Crippen LogP contribution >= 0.6 is 23.4 Å². The number of rotatable bonds is 4. The Labute approximate surface area is 163 Å². The number of furan rings is 1. The fourth-order valence-electron chi connectivity index (χ4n) is 2.96. The van der Waals surface area contributed by atoms with Crippen molar-refractivity contribution in [2.24, 2.45) is 0 Å².